The molecular weight excluding hydrogens is 324 g/mol. The molecule has 0 spiro atoms. The van der Waals surface area contributed by atoms with Crippen molar-refractivity contribution in [1.29, 1.82) is 0 Å². The highest BCUT2D eigenvalue weighted by atomic mass is 32.1. The van der Waals surface area contributed by atoms with Crippen LogP contribution in [0.25, 0.3) is 0 Å². The molecule has 1 fully saturated rings. The summed E-state index contributed by atoms with van der Waals surface area (Å²) in [6.45, 7) is 7.19. The van der Waals surface area contributed by atoms with Gasteiger partial charge in [-0.25, -0.2) is 15.0 Å². The van der Waals surface area contributed by atoms with Gasteiger partial charge in [-0.3, -0.25) is 4.79 Å². The summed E-state index contributed by atoms with van der Waals surface area (Å²) in [6.07, 6.45) is 6.24. The number of hydrogen-bond donors (Lipinski definition) is 0. The lowest BCUT2D eigenvalue weighted by atomic mass is 10.1. The third kappa shape index (κ3) is 3.72. The number of ether oxygens (including phenoxy) is 1. The van der Waals surface area contributed by atoms with E-state index in [1.807, 2.05) is 18.7 Å². The van der Waals surface area contributed by atoms with Crippen molar-refractivity contribution in [2.75, 3.05) is 13.1 Å². The van der Waals surface area contributed by atoms with Crippen LogP contribution < -0.4 is 4.74 Å². The average molecular weight is 346 g/mol. The molecule has 0 radical (unpaired) electrons. The van der Waals surface area contributed by atoms with E-state index in [2.05, 4.69) is 21.9 Å². The predicted molar refractivity (Wildman–Crippen MR) is 92.6 cm³/mol. The summed E-state index contributed by atoms with van der Waals surface area (Å²) in [4.78, 5) is 28.2. The molecule has 1 aliphatic heterocycles. The monoisotopic (exact) mass is 346 g/mol. The fraction of sp³-hybridized carbons (Fsp3) is 0.529. The topological polar surface area (TPSA) is 68.2 Å². The molecule has 0 aliphatic carbocycles. The number of carbonyl (C=O) groups excluding carboxylic acids is 1. The van der Waals surface area contributed by atoms with Gasteiger partial charge < -0.3 is 9.64 Å². The Kier molecular flexibility index (Phi) is 5.08. The Hall–Kier alpha value is -2.02. The molecule has 0 aromatic carbocycles. The number of hydrogen-bond acceptors (Lipinski definition) is 6. The van der Waals surface area contributed by atoms with Crippen molar-refractivity contribution in [3.63, 3.8) is 0 Å². The Morgan fingerprint density at radius 2 is 2.12 bits per heavy atom. The number of amides is 1. The molecule has 2 aromatic heterocycles. The van der Waals surface area contributed by atoms with E-state index in [1.54, 1.807) is 12.4 Å². The van der Waals surface area contributed by atoms with Gasteiger partial charge in [0.15, 0.2) is 0 Å². The number of thiazole rings is 1. The first kappa shape index (κ1) is 16.8. The first-order valence-electron chi connectivity index (χ1n) is 8.27. The lowest BCUT2D eigenvalue weighted by Gasteiger charge is -2.32. The van der Waals surface area contributed by atoms with Crippen LogP contribution >= 0.6 is 11.3 Å². The van der Waals surface area contributed by atoms with Crippen LogP contribution in [0.1, 0.15) is 45.7 Å². The largest absolute Gasteiger partial charge is 0.458 e. The van der Waals surface area contributed by atoms with Crippen LogP contribution in [0.4, 0.5) is 0 Å². The van der Waals surface area contributed by atoms with Gasteiger partial charge in [0, 0.05) is 18.9 Å². The summed E-state index contributed by atoms with van der Waals surface area (Å²) in [6, 6.07) is 0.385. The quantitative estimate of drug-likeness (QED) is 0.851. The molecule has 0 bridgehead atoms. The smallest absolute Gasteiger partial charge is 0.316 e. The van der Waals surface area contributed by atoms with Crippen LogP contribution in [0.3, 0.4) is 0 Å². The summed E-state index contributed by atoms with van der Waals surface area (Å²) >= 11 is 1.46. The molecule has 3 heterocycles. The highest BCUT2D eigenvalue weighted by Crippen LogP contribution is 2.22. The van der Waals surface area contributed by atoms with E-state index in [-0.39, 0.29) is 12.0 Å². The molecule has 1 saturated heterocycles. The molecule has 128 valence electrons. The number of piperidine rings is 1. The second-order valence-electron chi connectivity index (χ2n) is 6.01. The minimum atomic E-state index is -0.0653. The minimum Gasteiger partial charge on any atom is -0.458 e. The third-order valence-electron chi connectivity index (χ3n) is 4.13. The van der Waals surface area contributed by atoms with Crippen molar-refractivity contribution < 1.29 is 9.53 Å². The number of aryl methyl sites for hydroxylation is 3. The zero-order valence-electron chi connectivity index (χ0n) is 14.3. The van der Waals surface area contributed by atoms with Gasteiger partial charge in [-0.15, -0.1) is 11.3 Å². The summed E-state index contributed by atoms with van der Waals surface area (Å²) in [5.74, 6) is 0.0497. The van der Waals surface area contributed by atoms with Crippen molar-refractivity contribution in [3.05, 3.63) is 33.5 Å². The molecule has 1 unspecified atom stereocenters. The zero-order chi connectivity index (χ0) is 17.1. The first-order chi connectivity index (χ1) is 11.6. The first-order valence-corrected chi connectivity index (χ1v) is 9.09. The Bertz CT molecular complexity index is 714. The van der Waals surface area contributed by atoms with E-state index >= 15 is 0 Å². The van der Waals surface area contributed by atoms with E-state index < -0.39 is 0 Å². The van der Waals surface area contributed by atoms with Crippen LogP contribution in [-0.4, -0.2) is 45.0 Å². The standard InChI is InChI=1S/C17H22N4O2S/c1-4-13-8-18-17(19-9-13)23-14-6-5-7-21(10-14)16(22)15-11(2)20-12(3)24-15/h8-9,14H,4-7,10H2,1-3H3. The molecule has 1 aliphatic rings. The fourth-order valence-corrected chi connectivity index (χ4v) is 3.72. The van der Waals surface area contributed by atoms with Crippen LogP contribution in [0.5, 0.6) is 6.01 Å². The maximum atomic E-state index is 12.7. The van der Waals surface area contributed by atoms with E-state index in [4.69, 9.17) is 4.74 Å². The van der Waals surface area contributed by atoms with Gasteiger partial charge >= 0.3 is 6.01 Å². The number of carbonyl (C=O) groups is 1. The number of rotatable bonds is 4. The van der Waals surface area contributed by atoms with Gasteiger partial charge in [0.05, 0.1) is 17.2 Å². The van der Waals surface area contributed by atoms with Crippen LogP contribution in [0.2, 0.25) is 0 Å². The zero-order valence-corrected chi connectivity index (χ0v) is 15.1. The molecule has 3 rings (SSSR count). The summed E-state index contributed by atoms with van der Waals surface area (Å²) in [5, 5.41) is 0.921. The van der Waals surface area contributed by atoms with Gasteiger partial charge in [-0.2, -0.15) is 0 Å². The lowest BCUT2D eigenvalue weighted by molar-refractivity contribution is 0.0519. The maximum Gasteiger partial charge on any atom is 0.316 e. The number of nitrogens with zero attached hydrogens (tertiary/aromatic N) is 4. The summed E-state index contributed by atoms with van der Waals surface area (Å²) in [5.41, 5.74) is 1.89. The Balaban J connectivity index is 1.65. The molecule has 7 heteroatoms. The third-order valence-corrected chi connectivity index (χ3v) is 5.19. The van der Waals surface area contributed by atoms with Gasteiger partial charge in [-0.05, 0) is 38.7 Å². The molecule has 2 aromatic rings. The van der Waals surface area contributed by atoms with E-state index in [1.165, 1.54) is 11.3 Å². The molecule has 1 amide bonds. The average Bonchev–Trinajstić information content (AvgIpc) is 2.93. The highest BCUT2D eigenvalue weighted by molar-refractivity contribution is 7.13. The molecule has 1 atom stereocenters. The summed E-state index contributed by atoms with van der Waals surface area (Å²) < 4.78 is 5.88. The van der Waals surface area contributed by atoms with Crippen LogP contribution in [-0.2, 0) is 6.42 Å². The van der Waals surface area contributed by atoms with E-state index in [0.717, 1.165) is 46.9 Å². The van der Waals surface area contributed by atoms with E-state index in [0.29, 0.717) is 12.6 Å². The van der Waals surface area contributed by atoms with Gasteiger partial charge in [0.2, 0.25) is 0 Å². The lowest BCUT2D eigenvalue weighted by Crippen LogP contribution is -2.44. The molecule has 24 heavy (non-hydrogen) atoms. The normalized spacial score (nSPS) is 17.8. The van der Waals surface area contributed by atoms with Crippen molar-refractivity contribution in [2.45, 2.75) is 46.1 Å². The predicted octanol–water partition coefficient (Wildman–Crippen LogP) is 2.80. The number of likely N-dealkylation sites (tertiary alicyclic amines) is 1. The second kappa shape index (κ2) is 7.25. The Morgan fingerprint density at radius 1 is 1.38 bits per heavy atom. The minimum absolute atomic E-state index is 0.0497. The van der Waals surface area contributed by atoms with Crippen molar-refractivity contribution in [2.24, 2.45) is 0 Å². The Morgan fingerprint density at radius 3 is 2.75 bits per heavy atom. The van der Waals surface area contributed by atoms with Crippen molar-refractivity contribution in [1.82, 2.24) is 19.9 Å². The Labute approximate surface area is 145 Å². The van der Waals surface area contributed by atoms with Crippen LogP contribution in [0, 0.1) is 13.8 Å². The second-order valence-corrected chi connectivity index (χ2v) is 7.21. The summed E-state index contributed by atoms with van der Waals surface area (Å²) in [7, 11) is 0. The SMILES string of the molecule is CCc1cnc(OC2CCCN(C(=O)c3sc(C)nc3C)C2)nc1. The van der Waals surface area contributed by atoms with Crippen LogP contribution in [0.15, 0.2) is 12.4 Å². The van der Waals surface area contributed by atoms with Gasteiger partial charge in [0.1, 0.15) is 11.0 Å². The molecule has 0 N–H and O–H groups in total. The fourth-order valence-electron chi connectivity index (χ4n) is 2.83. The van der Waals surface area contributed by atoms with Gasteiger partial charge in [0.25, 0.3) is 5.91 Å². The molecule has 6 nitrogen and oxygen atoms in total. The van der Waals surface area contributed by atoms with Gasteiger partial charge in [-0.1, -0.05) is 6.92 Å². The van der Waals surface area contributed by atoms with E-state index in [9.17, 15) is 4.79 Å². The highest BCUT2D eigenvalue weighted by Gasteiger charge is 2.28. The van der Waals surface area contributed by atoms with Crippen molar-refractivity contribution >= 4 is 17.2 Å². The van der Waals surface area contributed by atoms with Crippen molar-refractivity contribution in [3.8, 4) is 6.01 Å². The molecular formula is C17H22N4O2S. The molecule has 0 saturated carbocycles. The maximum absolute atomic E-state index is 12.7. The number of aromatic nitrogens is 3.